The zero-order chi connectivity index (χ0) is 14.4. The number of aromatic nitrogens is 1. The third-order valence-corrected chi connectivity index (χ3v) is 4.41. The molecule has 0 unspecified atom stereocenters. The van der Waals surface area contributed by atoms with Gasteiger partial charge >= 0.3 is 0 Å². The minimum absolute atomic E-state index is 0.203. The van der Waals surface area contributed by atoms with Gasteiger partial charge < -0.3 is 14.8 Å². The minimum atomic E-state index is 0.203. The maximum Gasteiger partial charge on any atom is 0.145 e. The summed E-state index contributed by atoms with van der Waals surface area (Å²) in [6, 6.07) is 7.95. The Morgan fingerprint density at radius 1 is 1.24 bits per heavy atom. The van der Waals surface area contributed by atoms with Crippen molar-refractivity contribution in [1.29, 1.82) is 0 Å². The normalized spacial score (nSPS) is 17.2. The maximum absolute atomic E-state index is 6.08. The molecule has 0 amide bonds. The standard InChI is InChI=1S/C17H18N2O2/c1-11-3-5-13(15-16(11)20-10-17(15)7-8-17)21-12-4-6-14(18-2)19-9-12/h3-6,9H,7-8,10H2,1-2H3,(H,18,19). The van der Waals surface area contributed by atoms with Gasteiger partial charge in [0.2, 0.25) is 0 Å². The van der Waals surface area contributed by atoms with E-state index in [9.17, 15) is 0 Å². The summed E-state index contributed by atoms with van der Waals surface area (Å²) in [6.07, 6.45) is 4.13. The molecule has 4 heteroatoms. The van der Waals surface area contributed by atoms with Crippen molar-refractivity contribution >= 4 is 5.82 Å². The Balaban J connectivity index is 1.71. The number of pyridine rings is 1. The molecule has 1 N–H and O–H groups in total. The van der Waals surface area contributed by atoms with E-state index >= 15 is 0 Å². The largest absolute Gasteiger partial charge is 0.492 e. The van der Waals surface area contributed by atoms with E-state index in [0.29, 0.717) is 0 Å². The van der Waals surface area contributed by atoms with Gasteiger partial charge in [-0.3, -0.25) is 0 Å². The Labute approximate surface area is 124 Å². The molecule has 2 aliphatic rings. The van der Waals surface area contributed by atoms with Crippen LogP contribution in [0.15, 0.2) is 30.5 Å². The van der Waals surface area contributed by atoms with Crippen LogP contribution in [-0.2, 0) is 5.41 Å². The van der Waals surface area contributed by atoms with Crippen molar-refractivity contribution in [2.45, 2.75) is 25.2 Å². The van der Waals surface area contributed by atoms with E-state index in [-0.39, 0.29) is 5.41 Å². The lowest BCUT2D eigenvalue weighted by Gasteiger charge is -2.14. The van der Waals surface area contributed by atoms with E-state index in [0.717, 1.165) is 29.7 Å². The monoisotopic (exact) mass is 282 g/mol. The highest BCUT2D eigenvalue weighted by molar-refractivity contribution is 5.59. The second kappa shape index (κ2) is 4.38. The molecule has 108 valence electrons. The zero-order valence-electron chi connectivity index (χ0n) is 12.3. The Kier molecular flexibility index (Phi) is 2.61. The van der Waals surface area contributed by atoms with Crippen LogP contribution in [0, 0.1) is 6.92 Å². The lowest BCUT2D eigenvalue weighted by Crippen LogP contribution is -2.08. The first kappa shape index (κ1) is 12.5. The number of rotatable bonds is 3. The Bertz CT molecular complexity index is 691. The first-order chi connectivity index (χ1) is 10.2. The predicted molar refractivity (Wildman–Crippen MR) is 81.4 cm³/mol. The van der Waals surface area contributed by atoms with Crippen LogP contribution < -0.4 is 14.8 Å². The van der Waals surface area contributed by atoms with Gasteiger partial charge in [0.25, 0.3) is 0 Å². The van der Waals surface area contributed by atoms with E-state index in [2.05, 4.69) is 29.4 Å². The first-order valence-electron chi connectivity index (χ1n) is 7.30. The summed E-state index contributed by atoms with van der Waals surface area (Å²) in [5.41, 5.74) is 2.64. The van der Waals surface area contributed by atoms with Crippen LogP contribution in [0.5, 0.6) is 17.2 Å². The molecule has 0 bridgehead atoms. The first-order valence-corrected chi connectivity index (χ1v) is 7.30. The van der Waals surface area contributed by atoms with E-state index in [1.54, 1.807) is 6.20 Å². The third-order valence-electron chi connectivity index (χ3n) is 4.41. The molecule has 4 rings (SSSR count). The molecule has 1 aromatic carbocycles. The number of hydrogen-bond donors (Lipinski definition) is 1. The lowest BCUT2D eigenvalue weighted by atomic mass is 9.95. The molecule has 0 radical (unpaired) electrons. The molecule has 1 aliphatic carbocycles. The molecule has 0 saturated heterocycles. The molecule has 1 spiro atoms. The number of ether oxygens (including phenoxy) is 2. The van der Waals surface area contributed by atoms with Crippen molar-refractivity contribution in [1.82, 2.24) is 4.98 Å². The van der Waals surface area contributed by atoms with Gasteiger partial charge in [0.15, 0.2) is 0 Å². The molecular weight excluding hydrogens is 264 g/mol. The van der Waals surface area contributed by atoms with Gasteiger partial charge in [-0.15, -0.1) is 0 Å². The molecule has 2 aromatic rings. The van der Waals surface area contributed by atoms with Gasteiger partial charge in [0, 0.05) is 18.0 Å². The number of anilines is 1. The van der Waals surface area contributed by atoms with Crippen molar-refractivity contribution in [3.8, 4) is 17.2 Å². The molecule has 1 aliphatic heterocycles. The fraction of sp³-hybridized carbons (Fsp3) is 0.353. The highest BCUT2D eigenvalue weighted by atomic mass is 16.5. The smallest absolute Gasteiger partial charge is 0.145 e. The number of nitrogens with zero attached hydrogens (tertiary/aromatic N) is 1. The minimum Gasteiger partial charge on any atom is -0.492 e. The SMILES string of the molecule is CNc1ccc(Oc2ccc(C)c3c2C2(CC2)CO3)cn1. The Morgan fingerprint density at radius 3 is 2.76 bits per heavy atom. The van der Waals surface area contributed by atoms with Crippen LogP contribution in [0.4, 0.5) is 5.82 Å². The second-order valence-corrected chi connectivity index (χ2v) is 5.88. The van der Waals surface area contributed by atoms with Gasteiger partial charge in [-0.1, -0.05) is 6.07 Å². The number of hydrogen-bond acceptors (Lipinski definition) is 4. The van der Waals surface area contributed by atoms with Crippen LogP contribution in [0.2, 0.25) is 0 Å². The number of benzene rings is 1. The molecule has 4 nitrogen and oxygen atoms in total. The summed E-state index contributed by atoms with van der Waals surface area (Å²) in [4.78, 5) is 4.29. The second-order valence-electron chi connectivity index (χ2n) is 5.88. The van der Waals surface area contributed by atoms with Crippen molar-refractivity contribution in [2.75, 3.05) is 19.0 Å². The number of nitrogens with one attached hydrogen (secondary N) is 1. The summed E-state index contributed by atoms with van der Waals surface area (Å²) in [7, 11) is 1.85. The molecule has 1 aromatic heterocycles. The fourth-order valence-corrected chi connectivity index (χ4v) is 2.99. The zero-order valence-corrected chi connectivity index (χ0v) is 12.3. The van der Waals surface area contributed by atoms with E-state index in [4.69, 9.17) is 9.47 Å². The van der Waals surface area contributed by atoms with Crippen molar-refractivity contribution < 1.29 is 9.47 Å². The summed E-state index contributed by atoms with van der Waals surface area (Å²) in [5, 5.41) is 3.00. The molecular formula is C17H18N2O2. The average Bonchev–Trinajstić information content (AvgIpc) is 3.18. The maximum atomic E-state index is 6.08. The van der Waals surface area contributed by atoms with Crippen molar-refractivity contribution in [3.63, 3.8) is 0 Å². The van der Waals surface area contributed by atoms with Gasteiger partial charge in [0.05, 0.1) is 12.8 Å². The quantitative estimate of drug-likeness (QED) is 0.933. The van der Waals surface area contributed by atoms with Gasteiger partial charge in [0.1, 0.15) is 23.1 Å². The fourth-order valence-electron chi connectivity index (χ4n) is 2.99. The van der Waals surface area contributed by atoms with E-state index < -0.39 is 0 Å². The highest BCUT2D eigenvalue weighted by Crippen LogP contribution is 2.59. The summed E-state index contributed by atoms with van der Waals surface area (Å²) < 4.78 is 12.0. The van der Waals surface area contributed by atoms with Crippen molar-refractivity contribution in [3.05, 3.63) is 41.6 Å². The van der Waals surface area contributed by atoms with Crippen LogP contribution >= 0.6 is 0 Å². The topological polar surface area (TPSA) is 43.4 Å². The van der Waals surface area contributed by atoms with Crippen LogP contribution in [0.3, 0.4) is 0 Å². The molecule has 2 heterocycles. The van der Waals surface area contributed by atoms with Gasteiger partial charge in [-0.05, 0) is 43.5 Å². The summed E-state index contributed by atoms with van der Waals surface area (Å²) in [6.45, 7) is 2.88. The summed E-state index contributed by atoms with van der Waals surface area (Å²) >= 11 is 0. The molecule has 0 atom stereocenters. The molecule has 1 saturated carbocycles. The Morgan fingerprint density at radius 2 is 2.10 bits per heavy atom. The molecule has 21 heavy (non-hydrogen) atoms. The molecule has 1 fully saturated rings. The van der Waals surface area contributed by atoms with Crippen LogP contribution in [-0.4, -0.2) is 18.6 Å². The van der Waals surface area contributed by atoms with Crippen LogP contribution in [0.1, 0.15) is 24.0 Å². The number of fused-ring (bicyclic) bond motifs is 2. The summed E-state index contributed by atoms with van der Waals surface area (Å²) in [5.74, 6) is 3.51. The van der Waals surface area contributed by atoms with Crippen molar-refractivity contribution in [2.24, 2.45) is 0 Å². The van der Waals surface area contributed by atoms with Crippen LogP contribution in [0.25, 0.3) is 0 Å². The van der Waals surface area contributed by atoms with E-state index in [1.165, 1.54) is 24.0 Å². The van der Waals surface area contributed by atoms with Gasteiger partial charge in [-0.2, -0.15) is 0 Å². The predicted octanol–water partition coefficient (Wildman–Crippen LogP) is 3.65. The van der Waals surface area contributed by atoms with Gasteiger partial charge in [-0.25, -0.2) is 4.98 Å². The highest BCUT2D eigenvalue weighted by Gasteiger charge is 2.53. The van der Waals surface area contributed by atoms with E-state index in [1.807, 2.05) is 19.2 Å². The number of aryl methyl sites for hydroxylation is 1. The average molecular weight is 282 g/mol. The Hall–Kier alpha value is -2.23. The third kappa shape index (κ3) is 1.94. The lowest BCUT2D eigenvalue weighted by molar-refractivity contribution is 0.322.